The van der Waals surface area contributed by atoms with Crippen LogP contribution < -0.4 is 11.5 Å². The summed E-state index contributed by atoms with van der Waals surface area (Å²) in [4.78, 5) is 0. The predicted molar refractivity (Wildman–Crippen MR) is 79.3 cm³/mol. The Bertz CT molecular complexity index is 322. The van der Waals surface area contributed by atoms with Gasteiger partial charge < -0.3 is 11.5 Å². The molecule has 0 radical (unpaired) electrons. The molecule has 102 valence electrons. The summed E-state index contributed by atoms with van der Waals surface area (Å²) in [6.07, 6.45) is 3.83. The summed E-state index contributed by atoms with van der Waals surface area (Å²) in [5.74, 6) is 0. The molecule has 0 amide bonds. The number of nitrogens with two attached hydrogens (primary N) is 2. The van der Waals surface area contributed by atoms with E-state index in [-0.39, 0.29) is 11.1 Å². The largest absolute Gasteiger partial charge is 0.321 e. The third kappa shape index (κ3) is 2.76. The van der Waals surface area contributed by atoms with Crippen LogP contribution in [-0.4, -0.2) is 0 Å². The Kier molecular flexibility index (Phi) is 4.94. The molecule has 0 fully saturated rings. The Morgan fingerprint density at radius 1 is 0.667 bits per heavy atom. The number of rotatable bonds is 6. The zero-order valence-corrected chi connectivity index (χ0v) is 12.3. The molecule has 0 saturated carbocycles. The Morgan fingerprint density at radius 3 is 1.06 bits per heavy atom. The van der Waals surface area contributed by atoms with Crippen LogP contribution in [0.2, 0.25) is 0 Å². The Hall–Kier alpha value is -0.860. The molecule has 4 N–H and O–H groups in total. The lowest BCUT2D eigenvalue weighted by Gasteiger charge is -2.30. The van der Waals surface area contributed by atoms with E-state index in [9.17, 15) is 0 Å². The molecule has 2 nitrogen and oxygen atoms in total. The minimum atomic E-state index is -0.200. The molecular formula is C16H28N2. The van der Waals surface area contributed by atoms with E-state index in [0.29, 0.717) is 0 Å². The molecule has 0 atom stereocenters. The maximum Gasteiger partial charge on any atom is 0.0404 e. The van der Waals surface area contributed by atoms with Gasteiger partial charge in [-0.1, -0.05) is 52.0 Å². The third-order valence-electron chi connectivity index (χ3n) is 4.56. The van der Waals surface area contributed by atoms with Crippen LogP contribution in [-0.2, 0) is 11.1 Å². The molecule has 0 saturated heterocycles. The van der Waals surface area contributed by atoms with Gasteiger partial charge in [-0.3, -0.25) is 0 Å². The first-order valence-electron chi connectivity index (χ1n) is 7.14. The topological polar surface area (TPSA) is 52.0 Å². The van der Waals surface area contributed by atoms with Crippen molar-refractivity contribution in [3.63, 3.8) is 0 Å². The van der Waals surface area contributed by atoms with E-state index in [1.165, 1.54) is 11.1 Å². The van der Waals surface area contributed by atoms with Gasteiger partial charge in [0.15, 0.2) is 0 Å². The third-order valence-corrected chi connectivity index (χ3v) is 4.56. The van der Waals surface area contributed by atoms with Crippen molar-refractivity contribution < 1.29 is 0 Å². The van der Waals surface area contributed by atoms with Gasteiger partial charge in [-0.2, -0.15) is 0 Å². The summed E-state index contributed by atoms with van der Waals surface area (Å²) >= 11 is 0. The lowest BCUT2D eigenvalue weighted by Crippen LogP contribution is -2.37. The van der Waals surface area contributed by atoms with Crippen LogP contribution >= 0.6 is 0 Å². The highest BCUT2D eigenvalue weighted by atomic mass is 14.7. The second-order valence-corrected chi connectivity index (χ2v) is 5.30. The number of benzene rings is 1. The molecule has 0 spiro atoms. The van der Waals surface area contributed by atoms with E-state index in [4.69, 9.17) is 11.5 Å². The summed E-state index contributed by atoms with van der Waals surface area (Å²) in [5, 5.41) is 0. The van der Waals surface area contributed by atoms with Crippen LogP contribution in [0.4, 0.5) is 0 Å². The second-order valence-electron chi connectivity index (χ2n) is 5.30. The van der Waals surface area contributed by atoms with Gasteiger partial charge in [-0.05, 0) is 36.8 Å². The van der Waals surface area contributed by atoms with Gasteiger partial charge in [0.05, 0.1) is 0 Å². The molecule has 18 heavy (non-hydrogen) atoms. The fourth-order valence-electron chi connectivity index (χ4n) is 2.45. The number of hydrogen-bond donors (Lipinski definition) is 2. The van der Waals surface area contributed by atoms with Crippen LogP contribution in [0.1, 0.15) is 64.5 Å². The zero-order valence-electron chi connectivity index (χ0n) is 12.3. The van der Waals surface area contributed by atoms with Crippen molar-refractivity contribution in [3.05, 3.63) is 35.4 Å². The van der Waals surface area contributed by atoms with Gasteiger partial charge >= 0.3 is 0 Å². The fraction of sp³-hybridized carbons (Fsp3) is 0.625. The van der Waals surface area contributed by atoms with Crippen molar-refractivity contribution in [1.82, 2.24) is 0 Å². The molecule has 0 bridgehead atoms. The van der Waals surface area contributed by atoms with E-state index in [1.807, 2.05) is 0 Å². The lowest BCUT2D eigenvalue weighted by molar-refractivity contribution is 0.404. The van der Waals surface area contributed by atoms with Gasteiger partial charge in [0.2, 0.25) is 0 Å². The minimum Gasteiger partial charge on any atom is -0.321 e. The smallest absolute Gasteiger partial charge is 0.0404 e. The van der Waals surface area contributed by atoms with Crippen molar-refractivity contribution in [2.45, 2.75) is 64.5 Å². The highest BCUT2D eigenvalue weighted by Crippen LogP contribution is 2.30. The van der Waals surface area contributed by atoms with E-state index in [1.54, 1.807) is 0 Å². The monoisotopic (exact) mass is 248 g/mol. The quantitative estimate of drug-likeness (QED) is 0.807. The molecule has 0 aromatic heterocycles. The molecular weight excluding hydrogens is 220 g/mol. The molecule has 0 aliphatic rings. The van der Waals surface area contributed by atoms with Crippen LogP contribution in [0.15, 0.2) is 24.3 Å². The van der Waals surface area contributed by atoms with Crippen molar-refractivity contribution in [1.29, 1.82) is 0 Å². The Morgan fingerprint density at radius 2 is 0.889 bits per heavy atom. The molecule has 0 aliphatic heterocycles. The van der Waals surface area contributed by atoms with Crippen molar-refractivity contribution in [2.75, 3.05) is 0 Å². The standard InChI is InChI=1S/C16H28N2/c1-5-15(17,6-2)13-9-11-14(12-10-13)16(18,7-3)8-4/h9-12H,5-8,17-18H2,1-4H3. The zero-order chi connectivity index (χ0) is 13.8. The average Bonchev–Trinajstić information content (AvgIpc) is 2.45. The van der Waals surface area contributed by atoms with Crippen LogP contribution in [0.5, 0.6) is 0 Å². The maximum atomic E-state index is 6.41. The van der Waals surface area contributed by atoms with Crippen LogP contribution in [0.3, 0.4) is 0 Å². The Balaban J connectivity index is 3.06. The van der Waals surface area contributed by atoms with Crippen LogP contribution in [0.25, 0.3) is 0 Å². The van der Waals surface area contributed by atoms with E-state index in [0.717, 1.165) is 25.7 Å². The highest BCUT2D eigenvalue weighted by Gasteiger charge is 2.25. The summed E-state index contributed by atoms with van der Waals surface area (Å²) in [6.45, 7) is 8.57. The van der Waals surface area contributed by atoms with E-state index in [2.05, 4.69) is 52.0 Å². The first kappa shape index (κ1) is 15.2. The predicted octanol–water partition coefficient (Wildman–Crippen LogP) is 3.63. The summed E-state index contributed by atoms with van der Waals surface area (Å²) < 4.78 is 0. The first-order valence-corrected chi connectivity index (χ1v) is 7.14. The second kappa shape index (κ2) is 5.85. The molecule has 2 heteroatoms. The molecule has 1 aromatic rings. The van der Waals surface area contributed by atoms with Crippen molar-refractivity contribution >= 4 is 0 Å². The lowest BCUT2D eigenvalue weighted by atomic mass is 9.81. The fourth-order valence-corrected chi connectivity index (χ4v) is 2.45. The van der Waals surface area contributed by atoms with Crippen LogP contribution in [0, 0.1) is 0 Å². The van der Waals surface area contributed by atoms with Crippen molar-refractivity contribution in [3.8, 4) is 0 Å². The molecule has 0 unspecified atom stereocenters. The molecule has 1 aromatic carbocycles. The number of hydrogen-bond acceptors (Lipinski definition) is 2. The van der Waals surface area contributed by atoms with E-state index < -0.39 is 0 Å². The van der Waals surface area contributed by atoms with Gasteiger partial charge in [0.25, 0.3) is 0 Å². The Labute approximate surface area is 112 Å². The van der Waals surface area contributed by atoms with Gasteiger partial charge in [-0.25, -0.2) is 0 Å². The maximum absolute atomic E-state index is 6.41. The summed E-state index contributed by atoms with van der Waals surface area (Å²) in [7, 11) is 0. The SMILES string of the molecule is CCC(N)(CC)c1ccc(C(N)(CC)CC)cc1. The average molecular weight is 248 g/mol. The normalized spacial score (nSPS) is 12.8. The van der Waals surface area contributed by atoms with Crippen molar-refractivity contribution in [2.24, 2.45) is 11.5 Å². The highest BCUT2D eigenvalue weighted by molar-refractivity contribution is 5.32. The van der Waals surface area contributed by atoms with Gasteiger partial charge in [0.1, 0.15) is 0 Å². The molecule has 1 rings (SSSR count). The minimum absolute atomic E-state index is 0.200. The summed E-state index contributed by atoms with van der Waals surface area (Å²) in [6, 6.07) is 8.59. The van der Waals surface area contributed by atoms with E-state index >= 15 is 0 Å². The molecule has 0 heterocycles. The van der Waals surface area contributed by atoms with Gasteiger partial charge in [-0.15, -0.1) is 0 Å². The molecule has 0 aliphatic carbocycles. The van der Waals surface area contributed by atoms with Gasteiger partial charge in [0, 0.05) is 11.1 Å². The summed E-state index contributed by atoms with van der Waals surface area (Å²) in [5.41, 5.74) is 14.8. The first-order chi connectivity index (χ1) is 8.45.